The molecular weight excluding hydrogens is 308 g/mol. The van der Waals surface area contributed by atoms with Crippen LogP contribution in [0.1, 0.15) is 10.4 Å². The molecular formula is C17H16N4OS. The molecule has 6 heteroatoms. The second-order valence-corrected chi connectivity index (χ2v) is 5.36. The predicted molar refractivity (Wildman–Crippen MR) is 94.6 cm³/mol. The maximum absolute atomic E-state index is 11.7. The van der Waals surface area contributed by atoms with Gasteiger partial charge in [-0.3, -0.25) is 10.1 Å². The second-order valence-electron chi connectivity index (χ2n) is 4.56. The van der Waals surface area contributed by atoms with Gasteiger partial charge in [0.15, 0.2) is 11.4 Å². The zero-order valence-electron chi connectivity index (χ0n) is 12.8. The minimum absolute atomic E-state index is 0.111. The van der Waals surface area contributed by atoms with Crippen LogP contribution in [0.2, 0.25) is 0 Å². The summed E-state index contributed by atoms with van der Waals surface area (Å²) in [7, 11) is 1.61. The third-order valence-corrected chi connectivity index (χ3v) is 3.72. The number of hydrogen-bond donors (Lipinski definition) is 2. The summed E-state index contributed by atoms with van der Waals surface area (Å²) in [6.07, 6.45) is 3.71. The summed E-state index contributed by atoms with van der Waals surface area (Å²) in [4.78, 5) is 16.0. The van der Waals surface area contributed by atoms with Crippen LogP contribution in [0.4, 0.5) is 5.69 Å². The van der Waals surface area contributed by atoms with Crippen LogP contribution in [0.3, 0.4) is 0 Å². The summed E-state index contributed by atoms with van der Waals surface area (Å²) >= 11 is 1.37. The molecule has 0 saturated heterocycles. The van der Waals surface area contributed by atoms with E-state index in [1.54, 1.807) is 13.1 Å². The molecule has 0 bridgehead atoms. The highest BCUT2D eigenvalue weighted by atomic mass is 32.2. The zero-order chi connectivity index (χ0) is 16.7. The first-order chi connectivity index (χ1) is 11.2. The Labute approximate surface area is 139 Å². The first kappa shape index (κ1) is 16.6. The van der Waals surface area contributed by atoms with E-state index in [0.717, 1.165) is 16.8 Å². The van der Waals surface area contributed by atoms with Crippen LogP contribution in [0.5, 0.6) is 0 Å². The SMILES string of the molecule is CNC(=O)c1cccc(-c2ccc(N=C(NC#N)SC)cc2)c1. The highest BCUT2D eigenvalue weighted by molar-refractivity contribution is 8.13. The van der Waals surface area contributed by atoms with Crippen molar-refractivity contribution in [1.29, 1.82) is 5.26 Å². The van der Waals surface area contributed by atoms with E-state index in [0.29, 0.717) is 10.7 Å². The molecule has 0 aliphatic carbocycles. The lowest BCUT2D eigenvalue weighted by Crippen LogP contribution is -2.17. The lowest BCUT2D eigenvalue weighted by Gasteiger charge is -2.06. The van der Waals surface area contributed by atoms with Gasteiger partial charge in [-0.15, -0.1) is 0 Å². The summed E-state index contributed by atoms with van der Waals surface area (Å²) in [6.45, 7) is 0. The molecule has 2 aromatic rings. The quantitative estimate of drug-likeness (QED) is 0.393. The average Bonchev–Trinajstić information content (AvgIpc) is 2.61. The molecule has 2 rings (SSSR count). The minimum Gasteiger partial charge on any atom is -0.355 e. The van der Waals surface area contributed by atoms with E-state index in [-0.39, 0.29) is 5.91 Å². The van der Waals surface area contributed by atoms with Crippen LogP contribution in [-0.4, -0.2) is 24.4 Å². The number of amides is 1. The van der Waals surface area contributed by atoms with Crippen molar-refractivity contribution in [2.45, 2.75) is 0 Å². The topological polar surface area (TPSA) is 77.3 Å². The number of thioether (sulfide) groups is 1. The van der Waals surface area contributed by atoms with E-state index in [4.69, 9.17) is 5.26 Å². The fraction of sp³-hybridized carbons (Fsp3) is 0.118. The van der Waals surface area contributed by atoms with E-state index in [9.17, 15) is 4.79 Å². The summed E-state index contributed by atoms with van der Waals surface area (Å²) in [5.74, 6) is -0.111. The van der Waals surface area contributed by atoms with Gasteiger partial charge in [0.25, 0.3) is 5.91 Å². The highest BCUT2D eigenvalue weighted by Crippen LogP contribution is 2.24. The van der Waals surface area contributed by atoms with Crippen molar-refractivity contribution in [1.82, 2.24) is 10.6 Å². The van der Waals surface area contributed by atoms with Crippen LogP contribution in [0.15, 0.2) is 53.5 Å². The van der Waals surface area contributed by atoms with Gasteiger partial charge in [0.05, 0.1) is 5.69 Å². The Morgan fingerprint density at radius 3 is 2.52 bits per heavy atom. The van der Waals surface area contributed by atoms with Crippen LogP contribution in [0.25, 0.3) is 11.1 Å². The number of benzene rings is 2. The molecule has 2 aromatic carbocycles. The predicted octanol–water partition coefficient (Wildman–Crippen LogP) is 3.13. The summed E-state index contributed by atoms with van der Waals surface area (Å²) in [5.41, 5.74) is 3.33. The molecule has 0 atom stereocenters. The smallest absolute Gasteiger partial charge is 0.251 e. The Morgan fingerprint density at radius 2 is 1.91 bits per heavy atom. The van der Waals surface area contributed by atoms with Crippen molar-refractivity contribution in [2.24, 2.45) is 4.99 Å². The Bertz CT molecular complexity index is 763. The number of carbonyl (C=O) groups excluding carboxylic acids is 1. The van der Waals surface area contributed by atoms with Crippen molar-refractivity contribution in [3.63, 3.8) is 0 Å². The number of amidine groups is 1. The fourth-order valence-corrected chi connectivity index (χ4v) is 2.35. The Morgan fingerprint density at radius 1 is 1.17 bits per heavy atom. The average molecular weight is 324 g/mol. The Kier molecular flexibility index (Phi) is 5.78. The van der Waals surface area contributed by atoms with E-state index >= 15 is 0 Å². The van der Waals surface area contributed by atoms with Crippen molar-refractivity contribution >= 4 is 28.5 Å². The molecule has 0 saturated carbocycles. The number of nitrogens with zero attached hydrogens (tertiary/aromatic N) is 2. The third-order valence-electron chi connectivity index (χ3n) is 3.14. The zero-order valence-corrected chi connectivity index (χ0v) is 13.6. The van der Waals surface area contributed by atoms with E-state index in [1.165, 1.54) is 11.8 Å². The van der Waals surface area contributed by atoms with Crippen LogP contribution < -0.4 is 10.6 Å². The van der Waals surface area contributed by atoms with Gasteiger partial charge in [-0.05, 0) is 41.6 Å². The van der Waals surface area contributed by atoms with Gasteiger partial charge in [-0.2, -0.15) is 5.26 Å². The largest absolute Gasteiger partial charge is 0.355 e. The van der Waals surface area contributed by atoms with Gasteiger partial charge in [0.2, 0.25) is 0 Å². The molecule has 23 heavy (non-hydrogen) atoms. The van der Waals surface area contributed by atoms with Crippen LogP contribution in [0, 0.1) is 11.5 Å². The van der Waals surface area contributed by atoms with Crippen molar-refractivity contribution in [2.75, 3.05) is 13.3 Å². The summed E-state index contributed by atoms with van der Waals surface area (Å²) < 4.78 is 0. The molecule has 1 amide bonds. The van der Waals surface area contributed by atoms with Crippen LogP contribution in [-0.2, 0) is 0 Å². The molecule has 0 fully saturated rings. The highest BCUT2D eigenvalue weighted by Gasteiger charge is 2.05. The number of aliphatic imine (C=N–C) groups is 1. The maximum Gasteiger partial charge on any atom is 0.251 e. The van der Waals surface area contributed by atoms with Crippen LogP contribution >= 0.6 is 11.8 Å². The fourth-order valence-electron chi connectivity index (χ4n) is 2.00. The third kappa shape index (κ3) is 4.34. The van der Waals surface area contributed by atoms with E-state index < -0.39 is 0 Å². The second kappa shape index (κ2) is 8.01. The number of nitriles is 1. The van der Waals surface area contributed by atoms with Crippen molar-refractivity contribution in [3.8, 4) is 17.3 Å². The van der Waals surface area contributed by atoms with Crippen molar-refractivity contribution in [3.05, 3.63) is 54.1 Å². The maximum atomic E-state index is 11.7. The number of carbonyl (C=O) groups is 1. The van der Waals surface area contributed by atoms with Gasteiger partial charge in [0.1, 0.15) is 0 Å². The number of nitrogens with one attached hydrogen (secondary N) is 2. The molecule has 5 nitrogen and oxygen atoms in total. The molecule has 0 aliphatic heterocycles. The molecule has 0 spiro atoms. The Balaban J connectivity index is 2.26. The molecule has 0 unspecified atom stereocenters. The summed E-state index contributed by atoms with van der Waals surface area (Å²) in [5, 5.41) is 14.3. The van der Waals surface area contributed by atoms with Crippen molar-refractivity contribution < 1.29 is 4.79 Å². The standard InChI is InChI=1S/C17H16N4OS/c1-19-16(22)14-5-3-4-13(10-14)12-6-8-15(9-7-12)21-17(23-2)20-11-18/h3-10H,1-2H3,(H,19,22)(H,20,21). The van der Waals surface area contributed by atoms with E-state index in [2.05, 4.69) is 15.6 Å². The summed E-state index contributed by atoms with van der Waals surface area (Å²) in [6, 6.07) is 15.1. The lowest BCUT2D eigenvalue weighted by molar-refractivity contribution is 0.0963. The normalized spacial score (nSPS) is 10.7. The molecule has 0 aromatic heterocycles. The molecule has 116 valence electrons. The minimum atomic E-state index is -0.111. The molecule has 0 radical (unpaired) electrons. The van der Waals surface area contributed by atoms with Gasteiger partial charge < -0.3 is 5.32 Å². The van der Waals surface area contributed by atoms with E-state index in [1.807, 2.05) is 54.9 Å². The molecule has 2 N–H and O–H groups in total. The van der Waals surface area contributed by atoms with Gasteiger partial charge in [0, 0.05) is 12.6 Å². The first-order valence-electron chi connectivity index (χ1n) is 6.88. The first-order valence-corrected chi connectivity index (χ1v) is 8.10. The molecule has 0 heterocycles. The number of hydrogen-bond acceptors (Lipinski definition) is 4. The Hall–Kier alpha value is -2.78. The molecule has 0 aliphatic rings. The number of rotatable bonds is 3. The lowest BCUT2D eigenvalue weighted by atomic mass is 10.0. The van der Waals surface area contributed by atoms with Gasteiger partial charge >= 0.3 is 0 Å². The monoisotopic (exact) mass is 324 g/mol. The van der Waals surface area contributed by atoms with Gasteiger partial charge in [-0.1, -0.05) is 36.0 Å². The van der Waals surface area contributed by atoms with Gasteiger partial charge in [-0.25, -0.2) is 4.99 Å².